The van der Waals surface area contributed by atoms with E-state index >= 15 is 0 Å². The Morgan fingerprint density at radius 2 is 2.16 bits per heavy atom. The van der Waals surface area contributed by atoms with Gasteiger partial charge in [-0.3, -0.25) is 9.00 Å². The Morgan fingerprint density at radius 1 is 1.47 bits per heavy atom. The number of anilines is 1. The smallest absolute Gasteiger partial charge is 0.235 e. The number of nitrogen functional groups attached to an aromatic ring is 1. The third kappa shape index (κ3) is 4.63. The van der Waals surface area contributed by atoms with E-state index in [0.717, 1.165) is 25.0 Å². The van der Waals surface area contributed by atoms with E-state index in [1.807, 2.05) is 6.92 Å². The first-order chi connectivity index (χ1) is 8.95. The number of benzene rings is 1. The molecule has 1 aromatic carbocycles. The van der Waals surface area contributed by atoms with Crippen molar-refractivity contribution in [3.05, 3.63) is 24.0 Å². The molecule has 0 aliphatic carbocycles. The number of hydrogen-bond acceptors (Lipinski definition) is 3. The van der Waals surface area contributed by atoms with Crippen LogP contribution in [0.4, 0.5) is 10.1 Å². The Labute approximate surface area is 115 Å². The first kappa shape index (κ1) is 15.6. The molecule has 19 heavy (non-hydrogen) atoms. The maximum atomic E-state index is 13.2. The molecule has 0 saturated carbocycles. The highest BCUT2D eigenvalue weighted by molar-refractivity contribution is 7.86. The van der Waals surface area contributed by atoms with Gasteiger partial charge in [0.25, 0.3) is 0 Å². The first-order valence-electron chi connectivity index (χ1n) is 6.20. The Hall–Kier alpha value is -1.43. The van der Waals surface area contributed by atoms with E-state index < -0.39 is 21.9 Å². The van der Waals surface area contributed by atoms with Crippen LogP contribution in [-0.2, 0) is 15.6 Å². The molecule has 4 nitrogen and oxygen atoms in total. The number of amides is 1. The molecule has 0 aliphatic rings. The highest BCUT2D eigenvalue weighted by Gasteiger charge is 2.21. The molecule has 3 N–H and O–H groups in total. The van der Waals surface area contributed by atoms with Crippen LogP contribution in [0.1, 0.15) is 26.7 Å². The second-order valence-corrected chi connectivity index (χ2v) is 6.08. The van der Waals surface area contributed by atoms with Crippen molar-refractivity contribution in [3.8, 4) is 0 Å². The highest BCUT2D eigenvalue weighted by atomic mass is 32.2. The first-order valence-corrected chi connectivity index (χ1v) is 7.41. The van der Waals surface area contributed by atoms with Gasteiger partial charge in [0.1, 0.15) is 11.1 Å². The van der Waals surface area contributed by atoms with Crippen molar-refractivity contribution < 1.29 is 13.4 Å². The fraction of sp³-hybridized carbons (Fsp3) is 0.462. The molecule has 0 bridgehead atoms. The van der Waals surface area contributed by atoms with Crippen LogP contribution in [0.25, 0.3) is 0 Å². The second kappa shape index (κ2) is 7.23. The zero-order valence-electron chi connectivity index (χ0n) is 11.1. The third-order valence-corrected chi connectivity index (χ3v) is 4.20. The summed E-state index contributed by atoms with van der Waals surface area (Å²) < 4.78 is 25.3. The molecule has 2 atom stereocenters. The Kier molecular flexibility index (Phi) is 5.95. The highest BCUT2D eigenvalue weighted by Crippen LogP contribution is 2.17. The topological polar surface area (TPSA) is 72.2 Å². The molecule has 0 radical (unpaired) electrons. The molecule has 0 heterocycles. The Balaban J connectivity index is 2.73. The van der Waals surface area contributed by atoms with E-state index in [-0.39, 0.29) is 16.5 Å². The number of rotatable bonds is 6. The lowest BCUT2D eigenvalue weighted by Crippen LogP contribution is -2.36. The average Bonchev–Trinajstić information content (AvgIpc) is 2.36. The molecular weight excluding hydrogens is 267 g/mol. The lowest BCUT2D eigenvalue weighted by molar-refractivity contribution is -0.120. The van der Waals surface area contributed by atoms with E-state index in [1.165, 1.54) is 6.07 Å². The number of carbonyl (C=O) groups is 1. The van der Waals surface area contributed by atoms with Crippen molar-refractivity contribution in [1.82, 2.24) is 5.32 Å². The van der Waals surface area contributed by atoms with Gasteiger partial charge in [-0.05, 0) is 31.5 Å². The van der Waals surface area contributed by atoms with Gasteiger partial charge in [0.15, 0.2) is 0 Å². The molecule has 0 spiro atoms. The second-order valence-electron chi connectivity index (χ2n) is 4.30. The van der Waals surface area contributed by atoms with Gasteiger partial charge in [-0.2, -0.15) is 0 Å². The summed E-state index contributed by atoms with van der Waals surface area (Å²) in [6.07, 6.45) is 1.84. The minimum absolute atomic E-state index is 0.196. The van der Waals surface area contributed by atoms with Gasteiger partial charge >= 0.3 is 0 Å². The number of nitrogens with one attached hydrogen (secondary N) is 1. The SMILES string of the molecule is CCCCNC(=O)C(C)S(=O)c1cc(N)cc(F)c1. The molecule has 1 amide bonds. The summed E-state index contributed by atoms with van der Waals surface area (Å²) in [6, 6.07) is 3.71. The number of unbranched alkanes of at least 4 members (excludes halogenated alkanes) is 1. The minimum Gasteiger partial charge on any atom is -0.399 e. The molecule has 106 valence electrons. The van der Waals surface area contributed by atoms with Crippen LogP contribution >= 0.6 is 0 Å². The fourth-order valence-corrected chi connectivity index (χ4v) is 2.70. The number of hydrogen-bond donors (Lipinski definition) is 2. The van der Waals surface area contributed by atoms with Gasteiger partial charge in [0.05, 0.1) is 10.8 Å². The van der Waals surface area contributed by atoms with Crippen LogP contribution < -0.4 is 11.1 Å². The van der Waals surface area contributed by atoms with E-state index in [0.29, 0.717) is 6.54 Å². The number of halogens is 1. The standard InChI is InChI=1S/C13H19FN2O2S/c1-3-4-5-16-13(17)9(2)19(18)12-7-10(14)6-11(15)8-12/h6-9H,3-5,15H2,1-2H3,(H,16,17). The Bertz CT molecular complexity index is 459. The fourth-order valence-electron chi connectivity index (χ4n) is 1.53. The van der Waals surface area contributed by atoms with Crippen LogP contribution in [0, 0.1) is 5.82 Å². The van der Waals surface area contributed by atoms with Crippen molar-refractivity contribution >= 4 is 22.4 Å². The van der Waals surface area contributed by atoms with Crippen molar-refractivity contribution in [2.75, 3.05) is 12.3 Å². The molecule has 0 aliphatic heterocycles. The van der Waals surface area contributed by atoms with Crippen molar-refractivity contribution in [2.24, 2.45) is 0 Å². The number of carbonyl (C=O) groups excluding carboxylic acids is 1. The lowest BCUT2D eigenvalue weighted by atomic mass is 10.3. The summed E-state index contributed by atoms with van der Waals surface area (Å²) in [6.45, 7) is 4.13. The average molecular weight is 286 g/mol. The normalized spacial score (nSPS) is 13.8. The molecule has 1 rings (SSSR count). The van der Waals surface area contributed by atoms with Gasteiger partial charge < -0.3 is 11.1 Å². The van der Waals surface area contributed by atoms with Gasteiger partial charge in [-0.1, -0.05) is 13.3 Å². The zero-order valence-corrected chi connectivity index (χ0v) is 11.9. The maximum Gasteiger partial charge on any atom is 0.235 e. The quantitative estimate of drug-likeness (QED) is 0.619. The molecule has 2 unspecified atom stereocenters. The summed E-state index contributed by atoms with van der Waals surface area (Å²) in [7, 11) is -1.62. The van der Waals surface area contributed by atoms with Crippen molar-refractivity contribution in [1.29, 1.82) is 0 Å². The molecular formula is C13H19FN2O2S. The molecule has 0 aromatic heterocycles. The molecule has 0 saturated heterocycles. The Morgan fingerprint density at radius 3 is 2.74 bits per heavy atom. The van der Waals surface area contributed by atoms with E-state index in [1.54, 1.807) is 6.92 Å². The van der Waals surface area contributed by atoms with Crippen LogP contribution in [-0.4, -0.2) is 21.9 Å². The van der Waals surface area contributed by atoms with Crippen molar-refractivity contribution in [2.45, 2.75) is 36.8 Å². The molecule has 1 aromatic rings. The molecule has 6 heteroatoms. The van der Waals surface area contributed by atoms with Crippen molar-refractivity contribution in [3.63, 3.8) is 0 Å². The lowest BCUT2D eigenvalue weighted by Gasteiger charge is -2.12. The summed E-state index contributed by atoms with van der Waals surface area (Å²) in [5.74, 6) is -0.850. The van der Waals surface area contributed by atoms with Gasteiger partial charge in [-0.15, -0.1) is 0 Å². The summed E-state index contributed by atoms with van der Waals surface area (Å²) in [4.78, 5) is 12.0. The molecule has 0 fully saturated rings. The maximum absolute atomic E-state index is 13.2. The van der Waals surface area contributed by atoms with Gasteiger partial charge in [0.2, 0.25) is 5.91 Å². The van der Waals surface area contributed by atoms with E-state index in [4.69, 9.17) is 5.73 Å². The predicted octanol–water partition coefficient (Wildman–Crippen LogP) is 1.82. The van der Waals surface area contributed by atoms with Crippen LogP contribution in [0.15, 0.2) is 23.1 Å². The minimum atomic E-state index is -1.62. The number of nitrogens with two attached hydrogens (primary N) is 1. The van der Waals surface area contributed by atoms with Gasteiger partial charge in [0, 0.05) is 17.1 Å². The monoisotopic (exact) mass is 286 g/mol. The predicted molar refractivity (Wildman–Crippen MR) is 74.6 cm³/mol. The largest absolute Gasteiger partial charge is 0.399 e. The van der Waals surface area contributed by atoms with E-state index in [2.05, 4.69) is 5.32 Å². The third-order valence-electron chi connectivity index (χ3n) is 2.65. The van der Waals surface area contributed by atoms with Gasteiger partial charge in [-0.25, -0.2) is 4.39 Å². The zero-order chi connectivity index (χ0) is 14.4. The van der Waals surface area contributed by atoms with Crippen LogP contribution in [0.5, 0.6) is 0 Å². The van der Waals surface area contributed by atoms with E-state index in [9.17, 15) is 13.4 Å². The van der Waals surface area contributed by atoms with Crippen LogP contribution in [0.2, 0.25) is 0 Å². The summed E-state index contributed by atoms with van der Waals surface area (Å²) in [5.41, 5.74) is 5.69. The summed E-state index contributed by atoms with van der Waals surface area (Å²) in [5, 5.41) is 1.97. The summed E-state index contributed by atoms with van der Waals surface area (Å²) >= 11 is 0. The van der Waals surface area contributed by atoms with Crippen LogP contribution in [0.3, 0.4) is 0 Å².